The van der Waals surface area contributed by atoms with Crippen LogP contribution in [0.1, 0.15) is 68.6 Å². The Kier molecular flexibility index (Phi) is 5.72. The van der Waals surface area contributed by atoms with Crippen LogP contribution in [-0.4, -0.2) is 0 Å². The van der Waals surface area contributed by atoms with Crippen molar-refractivity contribution in [1.82, 2.24) is 0 Å². The molecule has 128 valence electrons. The predicted molar refractivity (Wildman–Crippen MR) is 96.1 cm³/mol. The molecule has 0 amide bonds. The van der Waals surface area contributed by atoms with Gasteiger partial charge in [-0.2, -0.15) is 5.26 Å². The maximum atomic E-state index is 14.3. The minimum absolute atomic E-state index is 0.203. The molecule has 1 nitrogen and oxygen atoms in total. The maximum Gasteiger partial charge on any atom is 0.144 e. The Hall–Kier alpha value is -1.62. The van der Waals surface area contributed by atoms with Crippen LogP contribution in [0.5, 0.6) is 0 Å². The standard InChI is InChI=1S/C22H28FN/c1-2-3-4-5-16-6-8-17(9-7-16)18-12-13-21-19(14-18)10-11-20(15-24)22(21)23/h2-3,10-11,16-18H,4-9,12-14H2,1H3/b3-2+. The summed E-state index contributed by atoms with van der Waals surface area (Å²) < 4.78 is 14.3. The number of hydrogen-bond acceptors (Lipinski definition) is 1. The van der Waals surface area contributed by atoms with E-state index >= 15 is 0 Å². The van der Waals surface area contributed by atoms with Gasteiger partial charge in [-0.3, -0.25) is 0 Å². The van der Waals surface area contributed by atoms with E-state index in [-0.39, 0.29) is 11.4 Å². The lowest BCUT2D eigenvalue weighted by Gasteiger charge is -2.36. The van der Waals surface area contributed by atoms with Crippen molar-refractivity contribution in [3.05, 3.63) is 46.8 Å². The van der Waals surface area contributed by atoms with Crippen LogP contribution >= 0.6 is 0 Å². The molecule has 2 aliphatic rings. The fraction of sp³-hybridized carbons (Fsp3) is 0.591. The maximum absolute atomic E-state index is 14.3. The van der Waals surface area contributed by atoms with Crippen LogP contribution in [0.4, 0.5) is 4.39 Å². The van der Waals surface area contributed by atoms with Gasteiger partial charge in [0.1, 0.15) is 11.9 Å². The van der Waals surface area contributed by atoms with Crippen molar-refractivity contribution in [3.8, 4) is 6.07 Å². The molecule has 1 aromatic rings. The third kappa shape index (κ3) is 3.72. The number of nitriles is 1. The molecule has 1 aromatic carbocycles. The molecule has 1 unspecified atom stereocenters. The van der Waals surface area contributed by atoms with E-state index < -0.39 is 0 Å². The van der Waals surface area contributed by atoms with Crippen molar-refractivity contribution in [2.75, 3.05) is 0 Å². The minimum Gasteiger partial charge on any atom is -0.205 e. The van der Waals surface area contributed by atoms with Gasteiger partial charge in [0.15, 0.2) is 0 Å². The summed E-state index contributed by atoms with van der Waals surface area (Å²) in [6, 6.07) is 5.62. The van der Waals surface area contributed by atoms with Gasteiger partial charge in [0, 0.05) is 0 Å². The highest BCUT2D eigenvalue weighted by molar-refractivity contribution is 5.41. The summed E-state index contributed by atoms with van der Waals surface area (Å²) >= 11 is 0. The van der Waals surface area contributed by atoms with Gasteiger partial charge in [-0.05, 0) is 86.8 Å². The molecule has 2 heteroatoms. The lowest BCUT2D eigenvalue weighted by molar-refractivity contribution is 0.184. The number of rotatable bonds is 4. The molecule has 0 spiro atoms. The lowest BCUT2D eigenvalue weighted by Crippen LogP contribution is -2.27. The average molecular weight is 325 g/mol. The largest absolute Gasteiger partial charge is 0.205 e. The summed E-state index contributed by atoms with van der Waals surface area (Å²) in [5, 5.41) is 8.98. The van der Waals surface area contributed by atoms with Gasteiger partial charge in [-0.25, -0.2) is 4.39 Å². The fourth-order valence-electron chi connectivity index (χ4n) is 4.77. The van der Waals surface area contributed by atoms with Crippen molar-refractivity contribution >= 4 is 0 Å². The predicted octanol–water partition coefficient (Wildman–Crippen LogP) is 5.96. The Morgan fingerprint density at radius 3 is 2.67 bits per heavy atom. The van der Waals surface area contributed by atoms with Gasteiger partial charge >= 0.3 is 0 Å². The van der Waals surface area contributed by atoms with E-state index in [2.05, 4.69) is 19.1 Å². The van der Waals surface area contributed by atoms with Crippen molar-refractivity contribution < 1.29 is 4.39 Å². The minimum atomic E-state index is -0.263. The van der Waals surface area contributed by atoms with E-state index in [1.165, 1.54) is 38.5 Å². The van der Waals surface area contributed by atoms with Gasteiger partial charge in [-0.1, -0.05) is 31.1 Å². The Balaban J connectivity index is 1.57. The zero-order valence-electron chi connectivity index (χ0n) is 14.7. The van der Waals surface area contributed by atoms with Gasteiger partial charge in [0.25, 0.3) is 0 Å². The zero-order chi connectivity index (χ0) is 16.9. The molecular formula is C22H28FN. The molecule has 1 fully saturated rings. The number of fused-ring (bicyclic) bond motifs is 1. The molecule has 1 atom stereocenters. The third-order valence-electron chi connectivity index (χ3n) is 6.24. The molecule has 0 radical (unpaired) electrons. The molecule has 3 rings (SSSR count). The van der Waals surface area contributed by atoms with E-state index in [1.54, 1.807) is 6.07 Å². The second kappa shape index (κ2) is 7.97. The first-order valence-electron chi connectivity index (χ1n) is 9.54. The van der Waals surface area contributed by atoms with E-state index in [1.807, 2.05) is 12.1 Å². The average Bonchev–Trinajstić information content (AvgIpc) is 2.63. The molecule has 0 N–H and O–H groups in total. The van der Waals surface area contributed by atoms with Gasteiger partial charge < -0.3 is 0 Å². The highest BCUT2D eigenvalue weighted by Gasteiger charge is 2.31. The van der Waals surface area contributed by atoms with Gasteiger partial charge in [0.2, 0.25) is 0 Å². The van der Waals surface area contributed by atoms with Crippen LogP contribution in [0.15, 0.2) is 24.3 Å². The second-order valence-corrected chi connectivity index (χ2v) is 7.61. The first-order valence-corrected chi connectivity index (χ1v) is 9.54. The quantitative estimate of drug-likeness (QED) is 0.626. The third-order valence-corrected chi connectivity index (χ3v) is 6.24. The van der Waals surface area contributed by atoms with E-state index in [9.17, 15) is 4.39 Å². The SMILES string of the molecule is C/C=C/CCC1CCC(C2CCc3c(ccc(C#N)c3F)C2)CC1. The molecule has 2 aliphatic carbocycles. The van der Waals surface area contributed by atoms with Crippen LogP contribution < -0.4 is 0 Å². The second-order valence-electron chi connectivity index (χ2n) is 7.61. The van der Waals surface area contributed by atoms with Crippen molar-refractivity contribution in [1.29, 1.82) is 5.26 Å². The van der Waals surface area contributed by atoms with E-state index in [0.29, 0.717) is 5.92 Å². The van der Waals surface area contributed by atoms with Crippen LogP contribution in [0.2, 0.25) is 0 Å². The summed E-state index contributed by atoms with van der Waals surface area (Å²) in [6.07, 6.45) is 15.3. The lowest BCUT2D eigenvalue weighted by atomic mass is 9.69. The van der Waals surface area contributed by atoms with Crippen LogP contribution in [0.25, 0.3) is 0 Å². The normalized spacial score (nSPS) is 27.0. The van der Waals surface area contributed by atoms with Gasteiger partial charge in [0.05, 0.1) is 5.56 Å². The Morgan fingerprint density at radius 1 is 1.17 bits per heavy atom. The summed E-state index contributed by atoms with van der Waals surface area (Å²) in [5.41, 5.74) is 2.16. The zero-order valence-corrected chi connectivity index (χ0v) is 14.7. The molecule has 0 aliphatic heterocycles. The topological polar surface area (TPSA) is 23.8 Å². The summed E-state index contributed by atoms with van der Waals surface area (Å²) in [6.45, 7) is 2.10. The number of hydrogen-bond donors (Lipinski definition) is 0. The number of allylic oxidation sites excluding steroid dienone is 2. The first kappa shape index (κ1) is 17.2. The van der Waals surface area contributed by atoms with Crippen molar-refractivity contribution in [2.45, 2.75) is 64.7 Å². The fourth-order valence-corrected chi connectivity index (χ4v) is 4.77. The van der Waals surface area contributed by atoms with E-state index in [4.69, 9.17) is 5.26 Å². The molecule has 0 bridgehead atoms. The number of benzene rings is 1. The Labute approximate surface area is 145 Å². The van der Waals surface area contributed by atoms with Gasteiger partial charge in [-0.15, -0.1) is 0 Å². The summed E-state index contributed by atoms with van der Waals surface area (Å²) in [5.74, 6) is 2.17. The molecule has 0 saturated heterocycles. The highest BCUT2D eigenvalue weighted by Crippen LogP contribution is 2.41. The summed E-state index contributed by atoms with van der Waals surface area (Å²) in [4.78, 5) is 0. The van der Waals surface area contributed by atoms with E-state index in [0.717, 1.165) is 42.2 Å². The number of nitrogens with zero attached hydrogens (tertiary/aromatic N) is 1. The Bertz CT molecular complexity index is 632. The number of halogens is 1. The molecule has 1 saturated carbocycles. The van der Waals surface area contributed by atoms with Crippen LogP contribution in [-0.2, 0) is 12.8 Å². The monoisotopic (exact) mass is 325 g/mol. The first-order chi connectivity index (χ1) is 11.7. The van der Waals surface area contributed by atoms with Crippen molar-refractivity contribution in [3.63, 3.8) is 0 Å². The molecule has 0 aromatic heterocycles. The molecule has 0 heterocycles. The highest BCUT2D eigenvalue weighted by atomic mass is 19.1. The summed E-state index contributed by atoms with van der Waals surface area (Å²) in [7, 11) is 0. The molecular weight excluding hydrogens is 297 g/mol. The smallest absolute Gasteiger partial charge is 0.144 e. The Morgan fingerprint density at radius 2 is 1.96 bits per heavy atom. The van der Waals surface area contributed by atoms with Crippen molar-refractivity contribution in [2.24, 2.45) is 17.8 Å². The van der Waals surface area contributed by atoms with Crippen LogP contribution in [0.3, 0.4) is 0 Å². The molecule has 24 heavy (non-hydrogen) atoms. The van der Waals surface area contributed by atoms with Crippen LogP contribution in [0, 0.1) is 34.9 Å².